The summed E-state index contributed by atoms with van der Waals surface area (Å²) in [6.07, 6.45) is 3.03. The number of amides is 1. The molecular formula is C27H31F3N4O2. The number of nitrogens with zero attached hydrogens (tertiary/aromatic N) is 3. The van der Waals surface area contributed by atoms with Gasteiger partial charge in [-0.2, -0.15) is 0 Å². The Morgan fingerprint density at radius 3 is 2.67 bits per heavy atom. The van der Waals surface area contributed by atoms with Crippen molar-refractivity contribution in [2.45, 2.75) is 46.0 Å². The Morgan fingerprint density at radius 2 is 2.00 bits per heavy atom. The molecule has 6 nitrogen and oxygen atoms in total. The number of aliphatic imine (C=N–C) groups is 1. The third kappa shape index (κ3) is 4.89. The smallest absolute Gasteiger partial charge is 0.254 e. The molecular weight excluding hydrogens is 469 g/mol. The molecule has 36 heavy (non-hydrogen) atoms. The fourth-order valence-electron chi connectivity index (χ4n) is 4.82. The molecule has 1 N–H and O–H groups in total. The van der Waals surface area contributed by atoms with Crippen LogP contribution in [-0.2, 0) is 11.3 Å². The SMILES string of the molecule is CCN1Cc2c(ccnc2N[C@@H](C)c2cc(F)c(C3=NCC(COC)C(C(C)(C)F)=C3)cc2F)C1=O. The average molecular weight is 501 g/mol. The molecule has 1 unspecified atom stereocenters. The van der Waals surface area contributed by atoms with Gasteiger partial charge >= 0.3 is 0 Å². The van der Waals surface area contributed by atoms with E-state index < -0.39 is 23.3 Å². The number of carbonyl (C=O) groups excluding carboxylic acids is 1. The van der Waals surface area contributed by atoms with Crippen LogP contribution in [0.25, 0.3) is 0 Å². The van der Waals surface area contributed by atoms with Crippen molar-refractivity contribution < 1.29 is 22.7 Å². The zero-order valence-electron chi connectivity index (χ0n) is 21.2. The minimum absolute atomic E-state index is 0.0241. The highest BCUT2D eigenvalue weighted by Gasteiger charge is 2.33. The quantitative estimate of drug-likeness (QED) is 0.538. The minimum atomic E-state index is -1.66. The van der Waals surface area contributed by atoms with Crippen LogP contribution in [0, 0.1) is 17.6 Å². The number of aromatic nitrogens is 1. The topological polar surface area (TPSA) is 66.8 Å². The van der Waals surface area contributed by atoms with E-state index in [-0.39, 0.29) is 41.8 Å². The Kier molecular flexibility index (Phi) is 7.22. The number of halogens is 3. The van der Waals surface area contributed by atoms with E-state index in [0.29, 0.717) is 30.0 Å². The van der Waals surface area contributed by atoms with Crippen molar-refractivity contribution >= 4 is 17.4 Å². The van der Waals surface area contributed by atoms with Gasteiger partial charge in [0.05, 0.1) is 24.9 Å². The third-order valence-corrected chi connectivity index (χ3v) is 6.75. The summed E-state index contributed by atoms with van der Waals surface area (Å²) >= 11 is 0. The molecule has 2 aliphatic heterocycles. The van der Waals surface area contributed by atoms with Gasteiger partial charge in [-0.1, -0.05) is 0 Å². The predicted octanol–water partition coefficient (Wildman–Crippen LogP) is 5.25. The molecule has 0 radical (unpaired) electrons. The molecule has 0 spiro atoms. The fourth-order valence-corrected chi connectivity index (χ4v) is 4.82. The van der Waals surface area contributed by atoms with Crippen molar-refractivity contribution in [2.24, 2.45) is 10.9 Å². The van der Waals surface area contributed by atoms with Crippen LogP contribution in [-0.4, -0.2) is 54.0 Å². The van der Waals surface area contributed by atoms with E-state index in [2.05, 4.69) is 15.3 Å². The molecule has 1 aromatic heterocycles. The average Bonchev–Trinajstić information content (AvgIpc) is 3.16. The maximum Gasteiger partial charge on any atom is 0.254 e. The van der Waals surface area contributed by atoms with Gasteiger partial charge in [-0.25, -0.2) is 18.2 Å². The van der Waals surface area contributed by atoms with Crippen LogP contribution in [0.5, 0.6) is 0 Å². The van der Waals surface area contributed by atoms with Crippen LogP contribution in [0.15, 0.2) is 41.0 Å². The van der Waals surface area contributed by atoms with Gasteiger partial charge < -0.3 is 15.0 Å². The normalized spacial score (nSPS) is 18.6. The molecule has 1 amide bonds. The summed E-state index contributed by atoms with van der Waals surface area (Å²) in [5.74, 6) is -1.16. The number of hydrogen-bond acceptors (Lipinski definition) is 5. The number of allylic oxidation sites excluding steroid dienone is 1. The lowest BCUT2D eigenvalue weighted by atomic mass is 9.84. The first-order chi connectivity index (χ1) is 17.0. The Labute approximate surface area is 209 Å². The van der Waals surface area contributed by atoms with Crippen LogP contribution >= 0.6 is 0 Å². The lowest BCUT2D eigenvalue weighted by molar-refractivity contribution is 0.0787. The van der Waals surface area contributed by atoms with E-state index in [4.69, 9.17) is 4.74 Å². The first-order valence-corrected chi connectivity index (χ1v) is 12.0. The maximum atomic E-state index is 15.3. The van der Waals surface area contributed by atoms with E-state index in [0.717, 1.165) is 17.7 Å². The number of dihydropyridines is 1. The highest BCUT2D eigenvalue weighted by atomic mass is 19.1. The van der Waals surface area contributed by atoms with Crippen molar-refractivity contribution in [3.8, 4) is 0 Å². The van der Waals surface area contributed by atoms with E-state index >= 15 is 8.78 Å². The van der Waals surface area contributed by atoms with Gasteiger partial charge in [0.15, 0.2) is 0 Å². The maximum absolute atomic E-state index is 15.3. The summed E-state index contributed by atoms with van der Waals surface area (Å²) in [6, 6.07) is 3.27. The van der Waals surface area contributed by atoms with Crippen molar-refractivity contribution in [2.75, 3.05) is 32.1 Å². The molecule has 2 aliphatic rings. The molecule has 192 valence electrons. The second-order valence-corrected chi connectivity index (χ2v) is 9.67. The van der Waals surface area contributed by atoms with Gasteiger partial charge in [0.25, 0.3) is 5.91 Å². The number of pyridine rings is 1. The zero-order chi connectivity index (χ0) is 26.2. The molecule has 1 aromatic carbocycles. The largest absolute Gasteiger partial charge is 0.384 e. The lowest BCUT2D eigenvalue weighted by Crippen LogP contribution is -2.31. The van der Waals surface area contributed by atoms with Crippen molar-refractivity contribution in [3.63, 3.8) is 0 Å². The number of carbonyl (C=O) groups is 1. The molecule has 2 atom stereocenters. The number of methoxy groups -OCH3 is 1. The van der Waals surface area contributed by atoms with Crippen molar-refractivity contribution in [3.05, 3.63) is 69.9 Å². The van der Waals surface area contributed by atoms with Crippen molar-refractivity contribution in [1.29, 1.82) is 0 Å². The minimum Gasteiger partial charge on any atom is -0.384 e. The van der Waals surface area contributed by atoms with Gasteiger partial charge in [-0.15, -0.1) is 0 Å². The molecule has 9 heteroatoms. The van der Waals surface area contributed by atoms with Crippen LogP contribution in [0.2, 0.25) is 0 Å². The molecule has 0 fully saturated rings. The Morgan fingerprint density at radius 1 is 1.25 bits per heavy atom. The molecule has 4 rings (SSSR count). The second-order valence-electron chi connectivity index (χ2n) is 9.67. The number of hydrogen-bond donors (Lipinski definition) is 1. The van der Waals surface area contributed by atoms with Gasteiger partial charge in [0.1, 0.15) is 23.1 Å². The van der Waals surface area contributed by atoms with Crippen molar-refractivity contribution in [1.82, 2.24) is 9.88 Å². The molecule has 2 aromatic rings. The van der Waals surface area contributed by atoms with Crippen LogP contribution in [0.4, 0.5) is 19.0 Å². The van der Waals surface area contributed by atoms with Gasteiger partial charge in [0, 0.05) is 54.6 Å². The summed E-state index contributed by atoms with van der Waals surface area (Å²) in [5, 5.41) is 3.14. The fraction of sp³-hybridized carbons (Fsp3) is 0.444. The predicted molar refractivity (Wildman–Crippen MR) is 133 cm³/mol. The van der Waals surface area contributed by atoms with Crippen LogP contribution in [0.1, 0.15) is 60.8 Å². The third-order valence-electron chi connectivity index (χ3n) is 6.75. The molecule has 0 aliphatic carbocycles. The number of nitrogens with one attached hydrogen (secondary N) is 1. The van der Waals surface area contributed by atoms with Gasteiger partial charge in [-0.3, -0.25) is 9.79 Å². The Hall–Kier alpha value is -3.20. The number of ether oxygens (including phenoxy) is 1. The van der Waals surface area contributed by atoms with E-state index in [1.807, 2.05) is 6.92 Å². The van der Waals surface area contributed by atoms with Gasteiger partial charge in [-0.05, 0) is 57.5 Å². The number of fused-ring (bicyclic) bond motifs is 1. The second kappa shape index (κ2) is 10.0. The Bertz CT molecular complexity index is 1240. The zero-order valence-corrected chi connectivity index (χ0v) is 21.2. The molecule has 3 heterocycles. The first kappa shape index (κ1) is 25.9. The summed E-state index contributed by atoms with van der Waals surface area (Å²) < 4.78 is 50.6. The molecule has 0 saturated carbocycles. The number of benzene rings is 1. The standard InChI is InChI=1S/C27H31F3N4O2/c1-6-34-13-20-17(26(34)35)7-8-31-25(20)33-15(2)18-9-23(29)19(10-22(18)28)24-11-21(27(3,4)30)16(12-32-24)14-36-5/h7-11,15-16H,6,12-14H2,1-5H3,(H,31,33)/t15-,16?/m0/s1. The molecule has 0 saturated heterocycles. The molecule has 0 bridgehead atoms. The van der Waals surface area contributed by atoms with Gasteiger partial charge in [0.2, 0.25) is 0 Å². The van der Waals surface area contributed by atoms with E-state index in [1.165, 1.54) is 33.2 Å². The van der Waals surface area contributed by atoms with Crippen LogP contribution in [0.3, 0.4) is 0 Å². The number of rotatable bonds is 8. The Balaban J connectivity index is 1.61. The summed E-state index contributed by atoms with van der Waals surface area (Å²) in [6.45, 7) is 7.94. The highest BCUT2D eigenvalue weighted by molar-refractivity contribution is 6.10. The van der Waals surface area contributed by atoms with E-state index in [1.54, 1.807) is 17.9 Å². The summed E-state index contributed by atoms with van der Waals surface area (Å²) in [4.78, 5) is 22.9. The lowest BCUT2D eigenvalue weighted by Gasteiger charge is -2.29. The number of anilines is 1. The monoisotopic (exact) mass is 500 g/mol. The summed E-state index contributed by atoms with van der Waals surface area (Å²) in [5.41, 5.74) is 0.363. The van der Waals surface area contributed by atoms with E-state index in [9.17, 15) is 9.18 Å². The van der Waals surface area contributed by atoms with Crippen LogP contribution < -0.4 is 5.32 Å². The first-order valence-electron chi connectivity index (χ1n) is 12.0. The summed E-state index contributed by atoms with van der Waals surface area (Å²) in [7, 11) is 1.53. The number of alkyl halides is 1. The highest BCUT2D eigenvalue weighted by Crippen LogP contribution is 2.34.